The number of benzene rings is 1. The SMILES string of the molecule is Cc1c([N+](=O)[O-])cccc1S(N)(=O)=O. The Kier molecular flexibility index (Phi) is 2.54. The number of primary sulfonamides is 1. The molecule has 0 bridgehead atoms. The minimum atomic E-state index is -3.89. The van der Waals surface area contributed by atoms with Crippen molar-refractivity contribution < 1.29 is 13.3 Å². The van der Waals surface area contributed by atoms with Crippen LogP contribution >= 0.6 is 0 Å². The molecule has 76 valence electrons. The van der Waals surface area contributed by atoms with Crippen LogP contribution in [0.4, 0.5) is 5.69 Å². The number of nitro benzene ring substituents is 1. The Morgan fingerprint density at radius 3 is 2.43 bits per heavy atom. The van der Waals surface area contributed by atoms with Crippen molar-refractivity contribution in [1.82, 2.24) is 0 Å². The van der Waals surface area contributed by atoms with Crippen LogP contribution in [0.3, 0.4) is 0 Å². The molecule has 0 aliphatic heterocycles. The highest BCUT2D eigenvalue weighted by Crippen LogP contribution is 2.23. The van der Waals surface area contributed by atoms with Crippen molar-refractivity contribution in [3.05, 3.63) is 33.9 Å². The lowest BCUT2D eigenvalue weighted by atomic mass is 10.2. The normalized spacial score (nSPS) is 11.3. The number of nitrogens with zero attached hydrogens (tertiary/aromatic N) is 1. The summed E-state index contributed by atoms with van der Waals surface area (Å²) in [5, 5.41) is 15.3. The summed E-state index contributed by atoms with van der Waals surface area (Å²) in [4.78, 5) is 9.61. The van der Waals surface area contributed by atoms with Gasteiger partial charge in [0, 0.05) is 11.6 Å². The van der Waals surface area contributed by atoms with Crippen molar-refractivity contribution in [3.63, 3.8) is 0 Å². The molecule has 0 spiro atoms. The Morgan fingerprint density at radius 2 is 2.00 bits per heavy atom. The van der Waals surface area contributed by atoms with Crippen molar-refractivity contribution in [2.45, 2.75) is 11.8 Å². The van der Waals surface area contributed by atoms with E-state index in [0.29, 0.717) is 0 Å². The van der Waals surface area contributed by atoms with E-state index in [-0.39, 0.29) is 16.1 Å². The van der Waals surface area contributed by atoms with Crippen molar-refractivity contribution >= 4 is 15.7 Å². The molecule has 0 amide bonds. The van der Waals surface area contributed by atoms with E-state index in [9.17, 15) is 18.5 Å². The number of hydrogen-bond acceptors (Lipinski definition) is 4. The Labute approximate surface area is 80.5 Å². The summed E-state index contributed by atoms with van der Waals surface area (Å²) in [5.74, 6) is 0. The maximum atomic E-state index is 11.0. The number of rotatable bonds is 2. The molecule has 0 fully saturated rings. The molecule has 1 aromatic carbocycles. The molecule has 0 heterocycles. The average Bonchev–Trinajstić information content (AvgIpc) is 2.01. The van der Waals surface area contributed by atoms with Gasteiger partial charge in [0.1, 0.15) is 0 Å². The van der Waals surface area contributed by atoms with Gasteiger partial charge in [-0.15, -0.1) is 0 Å². The third-order valence-electron chi connectivity index (χ3n) is 1.76. The summed E-state index contributed by atoms with van der Waals surface area (Å²) in [6, 6.07) is 3.74. The van der Waals surface area contributed by atoms with Crippen LogP contribution in [-0.4, -0.2) is 13.3 Å². The van der Waals surface area contributed by atoms with Gasteiger partial charge in [-0.1, -0.05) is 6.07 Å². The molecular formula is C7H8N2O4S. The highest BCUT2D eigenvalue weighted by Gasteiger charge is 2.19. The van der Waals surface area contributed by atoms with Crippen LogP contribution in [-0.2, 0) is 10.0 Å². The van der Waals surface area contributed by atoms with Gasteiger partial charge in [0.15, 0.2) is 0 Å². The van der Waals surface area contributed by atoms with E-state index in [1.54, 1.807) is 0 Å². The van der Waals surface area contributed by atoms with E-state index in [1.807, 2.05) is 0 Å². The Hall–Kier alpha value is -1.47. The highest BCUT2D eigenvalue weighted by atomic mass is 32.2. The van der Waals surface area contributed by atoms with Gasteiger partial charge in [-0.05, 0) is 13.0 Å². The zero-order valence-corrected chi connectivity index (χ0v) is 8.11. The molecule has 0 aliphatic rings. The summed E-state index contributed by atoms with van der Waals surface area (Å²) < 4.78 is 22.0. The predicted octanol–water partition coefficient (Wildman–Crippen LogP) is 0.551. The van der Waals surface area contributed by atoms with Gasteiger partial charge in [-0.25, -0.2) is 13.6 Å². The van der Waals surface area contributed by atoms with Gasteiger partial charge < -0.3 is 0 Å². The maximum absolute atomic E-state index is 11.0. The van der Waals surface area contributed by atoms with Gasteiger partial charge in [0.05, 0.1) is 9.82 Å². The van der Waals surface area contributed by atoms with Crippen LogP contribution in [0.1, 0.15) is 5.56 Å². The highest BCUT2D eigenvalue weighted by molar-refractivity contribution is 7.89. The van der Waals surface area contributed by atoms with E-state index < -0.39 is 14.9 Å². The van der Waals surface area contributed by atoms with Gasteiger partial charge in [-0.2, -0.15) is 0 Å². The van der Waals surface area contributed by atoms with Crippen LogP contribution in [0, 0.1) is 17.0 Å². The fraction of sp³-hybridized carbons (Fsp3) is 0.143. The fourth-order valence-electron chi connectivity index (χ4n) is 1.11. The van der Waals surface area contributed by atoms with E-state index in [1.165, 1.54) is 25.1 Å². The molecule has 0 unspecified atom stereocenters. The number of sulfonamides is 1. The molecule has 0 aromatic heterocycles. The molecule has 0 saturated carbocycles. The van der Waals surface area contributed by atoms with Crippen molar-refractivity contribution in [3.8, 4) is 0 Å². The lowest BCUT2D eigenvalue weighted by Crippen LogP contribution is -2.14. The van der Waals surface area contributed by atoms with E-state index in [2.05, 4.69) is 0 Å². The second-order valence-corrected chi connectivity index (χ2v) is 4.23. The van der Waals surface area contributed by atoms with E-state index in [4.69, 9.17) is 5.14 Å². The summed E-state index contributed by atoms with van der Waals surface area (Å²) in [7, 11) is -3.89. The van der Waals surface area contributed by atoms with Crippen molar-refractivity contribution in [2.24, 2.45) is 5.14 Å². The third-order valence-corrected chi connectivity index (χ3v) is 2.81. The third kappa shape index (κ3) is 1.88. The second-order valence-electron chi connectivity index (χ2n) is 2.70. The first-order valence-corrected chi connectivity index (χ1v) is 5.15. The van der Waals surface area contributed by atoms with Gasteiger partial charge in [-0.3, -0.25) is 10.1 Å². The Morgan fingerprint density at radius 1 is 1.43 bits per heavy atom. The van der Waals surface area contributed by atoms with Crippen molar-refractivity contribution in [2.75, 3.05) is 0 Å². The monoisotopic (exact) mass is 216 g/mol. The second kappa shape index (κ2) is 3.35. The van der Waals surface area contributed by atoms with Crippen LogP contribution in [0.15, 0.2) is 23.1 Å². The van der Waals surface area contributed by atoms with Crippen LogP contribution in [0.25, 0.3) is 0 Å². The van der Waals surface area contributed by atoms with Crippen LogP contribution in [0.2, 0.25) is 0 Å². The first kappa shape index (κ1) is 10.6. The quantitative estimate of drug-likeness (QED) is 0.575. The zero-order chi connectivity index (χ0) is 10.9. The largest absolute Gasteiger partial charge is 0.273 e. The van der Waals surface area contributed by atoms with Crippen LogP contribution in [0.5, 0.6) is 0 Å². The molecule has 1 aromatic rings. The van der Waals surface area contributed by atoms with E-state index >= 15 is 0 Å². The van der Waals surface area contributed by atoms with Crippen LogP contribution < -0.4 is 5.14 Å². The zero-order valence-electron chi connectivity index (χ0n) is 7.30. The molecule has 0 radical (unpaired) electrons. The molecule has 2 N–H and O–H groups in total. The van der Waals surface area contributed by atoms with E-state index in [0.717, 1.165) is 0 Å². The fourth-order valence-corrected chi connectivity index (χ4v) is 1.91. The summed E-state index contributed by atoms with van der Waals surface area (Å²) >= 11 is 0. The minimum absolute atomic E-state index is 0.0556. The topological polar surface area (TPSA) is 103 Å². The molecule has 1 rings (SSSR count). The number of nitrogens with two attached hydrogens (primary N) is 1. The average molecular weight is 216 g/mol. The molecule has 14 heavy (non-hydrogen) atoms. The standard InChI is InChI=1S/C7H8N2O4S/c1-5-6(9(10)11)3-2-4-7(5)14(8,12)13/h2-4H,1H3,(H2,8,12,13). The lowest BCUT2D eigenvalue weighted by Gasteiger charge is -2.02. The van der Waals surface area contributed by atoms with Gasteiger partial charge in [0.2, 0.25) is 10.0 Å². The summed E-state index contributed by atoms with van der Waals surface area (Å²) in [6.07, 6.45) is 0. The molecule has 6 nitrogen and oxygen atoms in total. The summed E-state index contributed by atoms with van der Waals surface area (Å²) in [5.41, 5.74) is -0.198. The lowest BCUT2D eigenvalue weighted by molar-refractivity contribution is -0.385. The molecular weight excluding hydrogens is 208 g/mol. The molecule has 7 heteroatoms. The van der Waals surface area contributed by atoms with Gasteiger partial charge in [0.25, 0.3) is 5.69 Å². The van der Waals surface area contributed by atoms with Gasteiger partial charge >= 0.3 is 0 Å². The summed E-state index contributed by atoms with van der Waals surface area (Å²) in [6.45, 7) is 1.35. The predicted molar refractivity (Wildman–Crippen MR) is 49.2 cm³/mol. The smallest absolute Gasteiger partial charge is 0.258 e. The maximum Gasteiger partial charge on any atom is 0.273 e. The first-order chi connectivity index (χ1) is 6.34. The number of nitro groups is 1. The molecule has 0 saturated heterocycles. The Balaban J connectivity index is 3.51. The minimum Gasteiger partial charge on any atom is -0.258 e. The Bertz CT molecular complexity index is 480. The van der Waals surface area contributed by atoms with Crippen molar-refractivity contribution in [1.29, 1.82) is 0 Å². The molecule has 0 aliphatic carbocycles. The molecule has 0 atom stereocenters. The number of hydrogen-bond donors (Lipinski definition) is 1. The first-order valence-electron chi connectivity index (χ1n) is 3.61.